The first kappa shape index (κ1) is 10.5. The molecule has 0 aromatic heterocycles. The molecule has 76 valence electrons. The predicted octanol–water partition coefficient (Wildman–Crippen LogP) is 1.31. The van der Waals surface area contributed by atoms with Crippen molar-refractivity contribution >= 4 is 5.97 Å². The molecule has 2 N–H and O–H groups in total. The minimum absolute atomic E-state index is 0.226. The van der Waals surface area contributed by atoms with Crippen LogP contribution in [0.4, 0.5) is 0 Å². The Balaban J connectivity index is 2.87. The Morgan fingerprint density at radius 2 is 1.85 bits per heavy atom. The van der Waals surface area contributed by atoms with Crippen molar-refractivity contribution in [3.05, 3.63) is 0 Å². The first-order valence-electron chi connectivity index (χ1n) is 4.90. The second-order valence-corrected chi connectivity index (χ2v) is 4.16. The van der Waals surface area contributed by atoms with Gasteiger partial charge in [0.05, 0.1) is 7.11 Å². The van der Waals surface area contributed by atoms with Gasteiger partial charge in [0.25, 0.3) is 0 Å². The van der Waals surface area contributed by atoms with Crippen LogP contribution in [-0.2, 0) is 9.53 Å². The minimum atomic E-state index is -0.757. The summed E-state index contributed by atoms with van der Waals surface area (Å²) in [5.74, 6) is 0.194. The first-order valence-corrected chi connectivity index (χ1v) is 4.90. The molecule has 3 nitrogen and oxygen atoms in total. The van der Waals surface area contributed by atoms with Crippen molar-refractivity contribution in [1.82, 2.24) is 0 Å². The van der Waals surface area contributed by atoms with Gasteiger partial charge in [0.15, 0.2) is 0 Å². The Morgan fingerprint density at radius 3 is 2.23 bits per heavy atom. The zero-order chi connectivity index (χ0) is 10.1. The molecular formula is C10H19NO2. The van der Waals surface area contributed by atoms with E-state index >= 15 is 0 Å². The normalized spacial score (nSPS) is 40.0. The fourth-order valence-electron chi connectivity index (χ4n) is 2.27. The average molecular weight is 185 g/mol. The molecule has 0 aromatic carbocycles. The molecule has 0 heterocycles. The summed E-state index contributed by atoms with van der Waals surface area (Å²) in [6.45, 7) is 4.07. The molecule has 0 amide bonds. The van der Waals surface area contributed by atoms with Crippen LogP contribution in [0.15, 0.2) is 0 Å². The van der Waals surface area contributed by atoms with Crippen molar-refractivity contribution in [2.75, 3.05) is 7.11 Å². The third kappa shape index (κ3) is 1.57. The standard InChI is InChI=1S/C10H19NO2/c1-7-5-4-6-8(2)10(7,11)9(12)13-3/h7-8H,4-6,11H2,1-3H3. The summed E-state index contributed by atoms with van der Waals surface area (Å²) in [5, 5.41) is 0. The summed E-state index contributed by atoms with van der Waals surface area (Å²) in [6, 6.07) is 0. The summed E-state index contributed by atoms with van der Waals surface area (Å²) >= 11 is 0. The highest BCUT2D eigenvalue weighted by atomic mass is 16.5. The minimum Gasteiger partial charge on any atom is -0.468 e. The number of rotatable bonds is 1. The van der Waals surface area contributed by atoms with Gasteiger partial charge in [-0.25, -0.2) is 0 Å². The van der Waals surface area contributed by atoms with E-state index in [1.54, 1.807) is 0 Å². The molecule has 1 aliphatic rings. The van der Waals surface area contributed by atoms with E-state index in [2.05, 4.69) is 0 Å². The zero-order valence-electron chi connectivity index (χ0n) is 8.67. The molecule has 3 heteroatoms. The van der Waals surface area contributed by atoms with Gasteiger partial charge in [-0.3, -0.25) is 4.79 Å². The highest BCUT2D eigenvalue weighted by Gasteiger charge is 2.47. The summed E-state index contributed by atoms with van der Waals surface area (Å²) in [4.78, 5) is 11.6. The molecule has 1 fully saturated rings. The van der Waals surface area contributed by atoms with Crippen LogP contribution >= 0.6 is 0 Å². The third-order valence-corrected chi connectivity index (χ3v) is 3.44. The van der Waals surface area contributed by atoms with Crippen molar-refractivity contribution in [1.29, 1.82) is 0 Å². The van der Waals surface area contributed by atoms with Crippen molar-refractivity contribution in [2.24, 2.45) is 17.6 Å². The third-order valence-electron chi connectivity index (χ3n) is 3.44. The Hall–Kier alpha value is -0.570. The van der Waals surface area contributed by atoms with Crippen molar-refractivity contribution in [3.63, 3.8) is 0 Å². The van der Waals surface area contributed by atoms with E-state index in [0.717, 1.165) is 19.3 Å². The van der Waals surface area contributed by atoms with Crippen LogP contribution in [0.2, 0.25) is 0 Å². The van der Waals surface area contributed by atoms with Crippen LogP contribution in [0.5, 0.6) is 0 Å². The van der Waals surface area contributed by atoms with E-state index in [1.807, 2.05) is 13.8 Å². The second kappa shape index (κ2) is 3.66. The molecule has 1 aliphatic carbocycles. The van der Waals surface area contributed by atoms with Gasteiger partial charge < -0.3 is 10.5 Å². The van der Waals surface area contributed by atoms with Gasteiger partial charge in [-0.1, -0.05) is 20.3 Å². The van der Waals surface area contributed by atoms with Crippen LogP contribution < -0.4 is 5.73 Å². The van der Waals surface area contributed by atoms with E-state index in [9.17, 15) is 4.79 Å². The van der Waals surface area contributed by atoms with Gasteiger partial charge in [0.2, 0.25) is 0 Å². The number of hydrogen-bond donors (Lipinski definition) is 1. The number of hydrogen-bond acceptors (Lipinski definition) is 3. The SMILES string of the molecule is COC(=O)C1(N)C(C)CCCC1C. The molecule has 0 bridgehead atoms. The summed E-state index contributed by atoms with van der Waals surface area (Å²) in [5.41, 5.74) is 5.37. The smallest absolute Gasteiger partial charge is 0.326 e. The van der Waals surface area contributed by atoms with Crippen LogP contribution in [0, 0.1) is 11.8 Å². The van der Waals surface area contributed by atoms with E-state index in [0.29, 0.717) is 0 Å². The largest absolute Gasteiger partial charge is 0.468 e. The number of carbonyl (C=O) groups excluding carboxylic acids is 1. The maximum atomic E-state index is 11.6. The Labute approximate surface area is 79.6 Å². The lowest BCUT2D eigenvalue weighted by molar-refractivity contribution is -0.153. The summed E-state index contributed by atoms with van der Waals surface area (Å²) in [6.07, 6.45) is 3.21. The highest BCUT2D eigenvalue weighted by Crippen LogP contribution is 2.36. The molecule has 0 aromatic rings. The van der Waals surface area contributed by atoms with Gasteiger partial charge in [-0.2, -0.15) is 0 Å². The molecule has 1 saturated carbocycles. The zero-order valence-corrected chi connectivity index (χ0v) is 8.67. The number of ether oxygens (including phenoxy) is 1. The van der Waals surface area contributed by atoms with E-state index in [-0.39, 0.29) is 17.8 Å². The fourth-order valence-corrected chi connectivity index (χ4v) is 2.27. The highest BCUT2D eigenvalue weighted by molar-refractivity contribution is 5.81. The van der Waals surface area contributed by atoms with Gasteiger partial charge in [0.1, 0.15) is 5.54 Å². The molecule has 2 unspecified atom stereocenters. The first-order chi connectivity index (χ1) is 6.03. The van der Waals surface area contributed by atoms with Crippen LogP contribution in [-0.4, -0.2) is 18.6 Å². The molecular weight excluding hydrogens is 166 g/mol. The summed E-state index contributed by atoms with van der Waals surface area (Å²) in [7, 11) is 1.41. The lowest BCUT2D eigenvalue weighted by atomic mass is 9.68. The second-order valence-electron chi connectivity index (χ2n) is 4.16. The lowest BCUT2D eigenvalue weighted by Crippen LogP contribution is -2.60. The molecule has 13 heavy (non-hydrogen) atoms. The average Bonchev–Trinajstić information content (AvgIpc) is 2.12. The van der Waals surface area contributed by atoms with Gasteiger partial charge in [-0.15, -0.1) is 0 Å². The van der Waals surface area contributed by atoms with E-state index in [4.69, 9.17) is 10.5 Å². The monoisotopic (exact) mass is 185 g/mol. The van der Waals surface area contributed by atoms with Gasteiger partial charge in [0, 0.05) is 0 Å². The van der Waals surface area contributed by atoms with E-state index in [1.165, 1.54) is 7.11 Å². The number of esters is 1. The Kier molecular flexibility index (Phi) is 2.96. The topological polar surface area (TPSA) is 52.3 Å². The van der Waals surface area contributed by atoms with Gasteiger partial charge in [-0.05, 0) is 24.7 Å². The van der Waals surface area contributed by atoms with Crippen LogP contribution in [0.3, 0.4) is 0 Å². The molecule has 0 spiro atoms. The molecule has 0 aliphatic heterocycles. The van der Waals surface area contributed by atoms with E-state index < -0.39 is 5.54 Å². The van der Waals surface area contributed by atoms with Gasteiger partial charge >= 0.3 is 5.97 Å². The molecule has 1 rings (SSSR count). The maximum Gasteiger partial charge on any atom is 0.326 e. The molecule has 0 saturated heterocycles. The molecule has 2 atom stereocenters. The van der Waals surface area contributed by atoms with Crippen LogP contribution in [0.25, 0.3) is 0 Å². The number of carbonyl (C=O) groups is 1. The predicted molar refractivity (Wildman–Crippen MR) is 51.1 cm³/mol. The summed E-state index contributed by atoms with van der Waals surface area (Å²) < 4.78 is 4.77. The lowest BCUT2D eigenvalue weighted by Gasteiger charge is -2.41. The quantitative estimate of drug-likeness (QED) is 0.627. The van der Waals surface area contributed by atoms with Crippen LogP contribution in [0.1, 0.15) is 33.1 Å². The van der Waals surface area contributed by atoms with Crippen molar-refractivity contribution < 1.29 is 9.53 Å². The number of methoxy groups -OCH3 is 1. The Bertz CT molecular complexity index is 193. The maximum absolute atomic E-state index is 11.6. The van der Waals surface area contributed by atoms with Crippen molar-refractivity contribution in [3.8, 4) is 0 Å². The number of nitrogens with two attached hydrogens (primary N) is 1. The fraction of sp³-hybridized carbons (Fsp3) is 0.900. The van der Waals surface area contributed by atoms with Crippen molar-refractivity contribution in [2.45, 2.75) is 38.6 Å². The molecule has 0 radical (unpaired) electrons. The Morgan fingerprint density at radius 1 is 1.38 bits per heavy atom.